The number of hydrogen-bond donors (Lipinski definition) is 0. The van der Waals surface area contributed by atoms with E-state index in [0.717, 1.165) is 19.3 Å². The fourth-order valence-electron chi connectivity index (χ4n) is 3.43. The van der Waals surface area contributed by atoms with Gasteiger partial charge >= 0.3 is 5.69 Å². The summed E-state index contributed by atoms with van der Waals surface area (Å²) in [4.78, 5) is 10.7. The van der Waals surface area contributed by atoms with Gasteiger partial charge in [-0.05, 0) is 34.8 Å². The summed E-state index contributed by atoms with van der Waals surface area (Å²) in [6.45, 7) is 0. The molecular weight excluding hydrogens is 346 g/mol. The van der Waals surface area contributed by atoms with Gasteiger partial charge in [0, 0.05) is 23.3 Å². The van der Waals surface area contributed by atoms with E-state index in [2.05, 4.69) is 15.9 Å². The molecule has 6 heteroatoms. The molecule has 0 heterocycles. The number of alkyl halides is 1. The predicted octanol–water partition coefficient (Wildman–Crippen LogP) is 4.68. The molecule has 1 aromatic carbocycles. The zero-order valence-electron chi connectivity index (χ0n) is 10.9. The van der Waals surface area contributed by atoms with Gasteiger partial charge in [0.25, 0.3) is 0 Å². The summed E-state index contributed by atoms with van der Waals surface area (Å²) in [5, 5.41) is 11.3. The van der Waals surface area contributed by atoms with Crippen LogP contribution in [0.4, 0.5) is 5.69 Å². The zero-order valence-corrected chi connectivity index (χ0v) is 13.2. The lowest BCUT2D eigenvalue weighted by Crippen LogP contribution is -2.55. The first-order chi connectivity index (χ1) is 9.54. The Balaban J connectivity index is 1.87. The van der Waals surface area contributed by atoms with E-state index in [0.29, 0.717) is 10.2 Å². The third kappa shape index (κ3) is 2.11. The Morgan fingerprint density at radius 3 is 2.70 bits per heavy atom. The van der Waals surface area contributed by atoms with Crippen LogP contribution in [0.25, 0.3) is 0 Å². The summed E-state index contributed by atoms with van der Waals surface area (Å²) in [5.41, 5.74) is 0.0237. The molecule has 0 aliphatic heterocycles. The molecule has 0 radical (unpaired) electrons. The van der Waals surface area contributed by atoms with Crippen LogP contribution in [0, 0.1) is 15.5 Å². The standard InChI is InChI=1S/C14H15BrClNO3/c15-9-4-3-5-10(17(18)19)13(9)20-12-8-11(16)14(12)6-1-2-7-14/h3-5,11-12H,1-2,6-8H2. The van der Waals surface area contributed by atoms with Crippen LogP contribution in [-0.4, -0.2) is 16.4 Å². The van der Waals surface area contributed by atoms with Crippen LogP contribution >= 0.6 is 27.5 Å². The van der Waals surface area contributed by atoms with Gasteiger partial charge in [-0.1, -0.05) is 18.9 Å². The molecule has 20 heavy (non-hydrogen) atoms. The second kappa shape index (κ2) is 5.19. The van der Waals surface area contributed by atoms with E-state index < -0.39 is 4.92 Å². The molecular formula is C14H15BrClNO3. The van der Waals surface area contributed by atoms with E-state index >= 15 is 0 Å². The van der Waals surface area contributed by atoms with Crippen LogP contribution < -0.4 is 4.74 Å². The lowest BCUT2D eigenvalue weighted by Gasteiger charge is -2.50. The normalized spacial score (nSPS) is 27.3. The van der Waals surface area contributed by atoms with Crippen LogP contribution in [0.2, 0.25) is 0 Å². The van der Waals surface area contributed by atoms with Gasteiger partial charge < -0.3 is 4.74 Å². The molecule has 0 N–H and O–H groups in total. The Kier molecular flexibility index (Phi) is 3.67. The lowest BCUT2D eigenvalue weighted by atomic mass is 9.64. The highest BCUT2D eigenvalue weighted by atomic mass is 79.9. The average molecular weight is 361 g/mol. The molecule has 0 saturated heterocycles. The third-order valence-corrected chi connectivity index (χ3v) is 5.86. The summed E-state index contributed by atoms with van der Waals surface area (Å²) in [7, 11) is 0. The van der Waals surface area contributed by atoms with Gasteiger partial charge in [0.15, 0.2) is 0 Å². The largest absolute Gasteiger partial charge is 0.482 e. The highest BCUT2D eigenvalue weighted by Gasteiger charge is 2.57. The van der Waals surface area contributed by atoms with Gasteiger partial charge in [-0.15, -0.1) is 11.6 Å². The molecule has 2 atom stereocenters. The predicted molar refractivity (Wildman–Crippen MR) is 80.4 cm³/mol. The number of hydrogen-bond acceptors (Lipinski definition) is 3. The molecule has 2 unspecified atom stereocenters. The van der Waals surface area contributed by atoms with Gasteiger partial charge in [-0.25, -0.2) is 0 Å². The molecule has 2 aliphatic carbocycles. The number of halogens is 2. The molecule has 1 spiro atoms. The average Bonchev–Trinajstić information content (AvgIpc) is 2.92. The minimum Gasteiger partial charge on any atom is -0.482 e. The molecule has 0 amide bonds. The van der Waals surface area contributed by atoms with Crippen molar-refractivity contribution < 1.29 is 9.66 Å². The van der Waals surface area contributed by atoms with Gasteiger partial charge in [0.2, 0.25) is 5.75 Å². The zero-order chi connectivity index (χ0) is 14.3. The number of nitro benzene ring substituents is 1. The highest BCUT2D eigenvalue weighted by molar-refractivity contribution is 9.10. The second-order valence-corrected chi connectivity index (χ2v) is 6.98. The highest BCUT2D eigenvalue weighted by Crippen LogP contribution is 2.57. The van der Waals surface area contributed by atoms with Crippen molar-refractivity contribution in [3.8, 4) is 5.75 Å². The fraction of sp³-hybridized carbons (Fsp3) is 0.571. The fourth-order valence-corrected chi connectivity index (χ4v) is 4.40. The van der Waals surface area contributed by atoms with Crippen molar-refractivity contribution in [1.82, 2.24) is 0 Å². The maximum Gasteiger partial charge on any atom is 0.312 e. The smallest absolute Gasteiger partial charge is 0.312 e. The number of para-hydroxylation sites is 1. The number of rotatable bonds is 3. The number of nitro groups is 1. The van der Waals surface area contributed by atoms with Crippen molar-refractivity contribution in [2.24, 2.45) is 5.41 Å². The molecule has 0 bridgehead atoms. The molecule has 1 aromatic rings. The van der Waals surface area contributed by atoms with Crippen molar-refractivity contribution >= 4 is 33.2 Å². The number of benzene rings is 1. The SMILES string of the molecule is O=[N+]([O-])c1cccc(Br)c1OC1CC(Cl)C12CCCC2. The first kappa shape index (κ1) is 14.1. The molecule has 4 nitrogen and oxygen atoms in total. The Bertz CT molecular complexity index is 545. The van der Waals surface area contributed by atoms with Crippen LogP contribution in [-0.2, 0) is 0 Å². The van der Waals surface area contributed by atoms with Crippen LogP contribution in [0.15, 0.2) is 22.7 Å². The second-order valence-electron chi connectivity index (χ2n) is 5.60. The lowest BCUT2D eigenvalue weighted by molar-refractivity contribution is -0.386. The summed E-state index contributed by atoms with van der Waals surface area (Å²) in [6.07, 6.45) is 5.21. The van der Waals surface area contributed by atoms with Gasteiger partial charge in [0.05, 0.1) is 9.40 Å². The Labute approximate surface area is 130 Å². The molecule has 2 saturated carbocycles. The van der Waals surface area contributed by atoms with Crippen LogP contribution in [0.3, 0.4) is 0 Å². The van der Waals surface area contributed by atoms with Crippen molar-refractivity contribution in [2.75, 3.05) is 0 Å². The monoisotopic (exact) mass is 359 g/mol. The molecule has 0 aromatic heterocycles. The minimum atomic E-state index is -0.405. The molecule has 108 valence electrons. The van der Waals surface area contributed by atoms with Crippen molar-refractivity contribution in [3.05, 3.63) is 32.8 Å². The molecule has 3 rings (SSSR count). The number of ether oxygens (including phenoxy) is 1. The quantitative estimate of drug-likeness (QED) is 0.447. The van der Waals surface area contributed by atoms with E-state index in [4.69, 9.17) is 16.3 Å². The summed E-state index contributed by atoms with van der Waals surface area (Å²) < 4.78 is 6.63. The van der Waals surface area contributed by atoms with E-state index in [9.17, 15) is 10.1 Å². The van der Waals surface area contributed by atoms with E-state index in [-0.39, 0.29) is 22.6 Å². The maximum absolute atomic E-state index is 11.1. The first-order valence-electron chi connectivity index (χ1n) is 6.78. The van der Waals surface area contributed by atoms with E-state index in [1.165, 1.54) is 18.9 Å². The Morgan fingerprint density at radius 2 is 2.10 bits per heavy atom. The molecule has 2 fully saturated rings. The third-order valence-electron chi connectivity index (χ3n) is 4.62. The van der Waals surface area contributed by atoms with E-state index in [1.54, 1.807) is 12.1 Å². The minimum absolute atomic E-state index is 0.00513. The first-order valence-corrected chi connectivity index (χ1v) is 8.01. The van der Waals surface area contributed by atoms with E-state index in [1.807, 2.05) is 0 Å². The van der Waals surface area contributed by atoms with Crippen molar-refractivity contribution in [3.63, 3.8) is 0 Å². The van der Waals surface area contributed by atoms with Crippen LogP contribution in [0.1, 0.15) is 32.1 Å². The Hall–Kier alpha value is -0.810. The van der Waals surface area contributed by atoms with Gasteiger partial charge in [-0.3, -0.25) is 10.1 Å². The Morgan fingerprint density at radius 1 is 1.40 bits per heavy atom. The number of nitrogens with zero attached hydrogens (tertiary/aromatic N) is 1. The summed E-state index contributed by atoms with van der Waals surface area (Å²) in [6, 6.07) is 4.88. The summed E-state index contributed by atoms with van der Waals surface area (Å²) >= 11 is 9.74. The maximum atomic E-state index is 11.1. The summed E-state index contributed by atoms with van der Waals surface area (Å²) in [5.74, 6) is 0.331. The van der Waals surface area contributed by atoms with Crippen molar-refractivity contribution in [2.45, 2.75) is 43.6 Å². The van der Waals surface area contributed by atoms with Gasteiger partial charge in [0.1, 0.15) is 6.10 Å². The van der Waals surface area contributed by atoms with Crippen LogP contribution in [0.5, 0.6) is 5.75 Å². The topological polar surface area (TPSA) is 52.4 Å². The van der Waals surface area contributed by atoms with Gasteiger partial charge in [-0.2, -0.15) is 0 Å². The van der Waals surface area contributed by atoms with Crippen molar-refractivity contribution in [1.29, 1.82) is 0 Å². The molecule has 2 aliphatic rings.